The first-order valence-electron chi connectivity index (χ1n) is 8.11. The molecule has 0 aliphatic heterocycles. The van der Waals surface area contributed by atoms with Crippen LogP contribution in [0.1, 0.15) is 20.9 Å². The van der Waals surface area contributed by atoms with Crippen molar-refractivity contribution >= 4 is 33.1 Å². The molecule has 5 nitrogen and oxygen atoms in total. The molecule has 0 saturated carbocycles. The van der Waals surface area contributed by atoms with E-state index in [0.717, 1.165) is 22.5 Å². The van der Waals surface area contributed by atoms with Crippen molar-refractivity contribution in [2.45, 2.75) is 6.42 Å². The molecular formula is C20H15N3O2S. The molecule has 0 radical (unpaired) electrons. The Morgan fingerprint density at radius 2 is 1.88 bits per heavy atom. The number of carbonyl (C=O) groups is 1. The molecule has 0 bridgehead atoms. The van der Waals surface area contributed by atoms with Gasteiger partial charge >= 0.3 is 0 Å². The molecule has 26 heavy (non-hydrogen) atoms. The lowest BCUT2D eigenvalue weighted by Crippen LogP contribution is -2.27. The van der Waals surface area contributed by atoms with Crippen LogP contribution >= 0.6 is 11.3 Å². The highest BCUT2D eigenvalue weighted by molar-refractivity contribution is 7.18. The summed E-state index contributed by atoms with van der Waals surface area (Å²) in [4.78, 5) is 16.8. The van der Waals surface area contributed by atoms with Gasteiger partial charge in [0, 0.05) is 18.2 Å². The third kappa shape index (κ3) is 3.55. The number of para-hydroxylation sites is 1. The number of thiazole rings is 1. The van der Waals surface area contributed by atoms with E-state index in [4.69, 9.17) is 0 Å². The molecule has 1 N–H and O–H groups in total. The third-order valence-electron chi connectivity index (χ3n) is 3.94. The Bertz CT molecular complexity index is 1040. The molecule has 4 rings (SSSR count). The number of rotatable bonds is 4. The van der Waals surface area contributed by atoms with Crippen molar-refractivity contribution in [2.75, 3.05) is 5.32 Å². The van der Waals surface area contributed by atoms with Crippen molar-refractivity contribution in [3.05, 3.63) is 94.4 Å². The molecule has 2 heterocycles. The molecule has 0 fully saturated rings. The van der Waals surface area contributed by atoms with E-state index in [2.05, 4.69) is 16.4 Å². The molecule has 2 aromatic carbocycles. The van der Waals surface area contributed by atoms with Crippen molar-refractivity contribution < 1.29 is 9.52 Å². The fraction of sp³-hybridized carbons (Fsp3) is 0.0500. The number of nitrogens with one attached hydrogen (secondary N) is 1. The molecule has 1 amide bonds. The maximum Gasteiger partial charge on any atom is 0.261 e. The second kappa shape index (κ2) is 6.93. The van der Waals surface area contributed by atoms with E-state index >= 15 is 0 Å². The van der Waals surface area contributed by atoms with E-state index in [9.17, 15) is 10.0 Å². The summed E-state index contributed by atoms with van der Waals surface area (Å²) < 4.78 is 1.79. The molecule has 6 heteroatoms. The van der Waals surface area contributed by atoms with Gasteiger partial charge < -0.3 is 10.5 Å². The van der Waals surface area contributed by atoms with Crippen molar-refractivity contribution in [2.24, 2.45) is 0 Å². The van der Waals surface area contributed by atoms with Gasteiger partial charge in [-0.05, 0) is 35.9 Å². The monoisotopic (exact) mass is 361 g/mol. The van der Waals surface area contributed by atoms with Crippen molar-refractivity contribution in [1.82, 2.24) is 4.98 Å². The van der Waals surface area contributed by atoms with Crippen LogP contribution in [-0.2, 0) is 6.42 Å². The van der Waals surface area contributed by atoms with Crippen molar-refractivity contribution in [3.63, 3.8) is 0 Å². The number of pyridine rings is 1. The number of amides is 1. The molecule has 2 aromatic heterocycles. The summed E-state index contributed by atoms with van der Waals surface area (Å²) in [5.74, 6) is -0.311. The first-order chi connectivity index (χ1) is 12.7. The number of aromatic nitrogens is 2. The number of hydrogen-bond acceptors (Lipinski definition) is 4. The topological polar surface area (TPSA) is 68.9 Å². The van der Waals surface area contributed by atoms with Crippen LogP contribution in [0.15, 0.2) is 73.1 Å². The Labute approximate surface area is 154 Å². The van der Waals surface area contributed by atoms with Gasteiger partial charge in [0.25, 0.3) is 5.91 Å². The SMILES string of the molecule is O=C(Nc1ccc(Cc2nc3ccccc3s2)cc1)c1ccc[n+]([O-])c1. The zero-order valence-corrected chi connectivity index (χ0v) is 14.6. The standard InChI is InChI=1S/C20H15N3O2S/c24-20(15-4-3-11-23(25)13-15)21-16-9-7-14(8-10-16)12-19-22-17-5-1-2-6-18(17)26-19/h1-11,13H,12H2,(H,21,24). The van der Waals surface area contributed by atoms with Crippen molar-refractivity contribution in [3.8, 4) is 0 Å². The summed E-state index contributed by atoms with van der Waals surface area (Å²) in [6.45, 7) is 0. The summed E-state index contributed by atoms with van der Waals surface area (Å²) >= 11 is 1.69. The van der Waals surface area contributed by atoms with Crippen molar-refractivity contribution in [1.29, 1.82) is 0 Å². The molecular weight excluding hydrogens is 346 g/mol. The predicted octanol–water partition coefficient (Wildman–Crippen LogP) is 3.77. The van der Waals surface area contributed by atoms with Crippen LogP contribution in [0.5, 0.6) is 0 Å². The summed E-state index contributed by atoms with van der Waals surface area (Å²) in [6.07, 6.45) is 3.34. The summed E-state index contributed by atoms with van der Waals surface area (Å²) in [7, 11) is 0. The van der Waals surface area contributed by atoms with Gasteiger partial charge in [0.05, 0.1) is 15.2 Å². The van der Waals surface area contributed by atoms with Gasteiger partial charge in [0.1, 0.15) is 5.56 Å². The molecule has 0 saturated heterocycles. The highest BCUT2D eigenvalue weighted by Gasteiger charge is 2.09. The lowest BCUT2D eigenvalue weighted by molar-refractivity contribution is -0.605. The van der Waals surface area contributed by atoms with Gasteiger partial charge in [-0.25, -0.2) is 4.98 Å². The normalized spacial score (nSPS) is 10.8. The Balaban J connectivity index is 1.45. The molecule has 0 aliphatic rings. The Kier molecular flexibility index (Phi) is 4.33. The number of carbonyl (C=O) groups excluding carboxylic acids is 1. The maximum atomic E-state index is 12.2. The van der Waals surface area contributed by atoms with Crippen LogP contribution in [0.3, 0.4) is 0 Å². The van der Waals surface area contributed by atoms with Gasteiger partial charge in [-0.15, -0.1) is 11.3 Å². The van der Waals surface area contributed by atoms with Gasteiger partial charge in [-0.3, -0.25) is 4.79 Å². The summed E-state index contributed by atoms with van der Waals surface area (Å²) in [6, 6.07) is 18.9. The number of nitrogens with zero attached hydrogens (tertiary/aromatic N) is 2. The van der Waals surface area contributed by atoms with Crippen LogP contribution in [0.2, 0.25) is 0 Å². The minimum Gasteiger partial charge on any atom is -0.619 e. The number of hydrogen-bond donors (Lipinski definition) is 1. The molecule has 128 valence electrons. The van der Waals surface area contributed by atoms with E-state index in [0.29, 0.717) is 16.0 Å². The highest BCUT2D eigenvalue weighted by atomic mass is 32.1. The van der Waals surface area contributed by atoms with E-state index in [-0.39, 0.29) is 5.91 Å². The van der Waals surface area contributed by atoms with Crippen LogP contribution in [0, 0.1) is 5.21 Å². The van der Waals surface area contributed by atoms with Crippen LogP contribution in [0.4, 0.5) is 5.69 Å². The second-order valence-corrected chi connectivity index (χ2v) is 6.97. The van der Waals surface area contributed by atoms with Crippen LogP contribution in [0.25, 0.3) is 10.2 Å². The highest BCUT2D eigenvalue weighted by Crippen LogP contribution is 2.24. The number of benzene rings is 2. The van der Waals surface area contributed by atoms with Gasteiger partial charge in [-0.1, -0.05) is 24.3 Å². The fourth-order valence-electron chi connectivity index (χ4n) is 2.67. The zero-order chi connectivity index (χ0) is 17.9. The fourth-order valence-corrected chi connectivity index (χ4v) is 3.67. The molecule has 0 aliphatic carbocycles. The summed E-state index contributed by atoms with van der Waals surface area (Å²) in [5, 5.41) is 15.1. The third-order valence-corrected chi connectivity index (χ3v) is 4.98. The average molecular weight is 361 g/mol. The maximum absolute atomic E-state index is 12.2. The Morgan fingerprint density at radius 1 is 1.08 bits per heavy atom. The van der Waals surface area contributed by atoms with Gasteiger partial charge in [0.2, 0.25) is 0 Å². The number of fused-ring (bicyclic) bond motifs is 1. The summed E-state index contributed by atoms with van der Waals surface area (Å²) in [5.41, 5.74) is 3.15. The average Bonchev–Trinajstić information content (AvgIpc) is 3.05. The first kappa shape index (κ1) is 16.2. The largest absolute Gasteiger partial charge is 0.619 e. The van der Waals surface area contributed by atoms with Gasteiger partial charge in [-0.2, -0.15) is 4.73 Å². The smallest absolute Gasteiger partial charge is 0.261 e. The van der Waals surface area contributed by atoms with E-state index < -0.39 is 0 Å². The van der Waals surface area contributed by atoms with E-state index in [1.165, 1.54) is 17.1 Å². The minimum atomic E-state index is -0.311. The predicted molar refractivity (Wildman–Crippen MR) is 102 cm³/mol. The molecule has 0 spiro atoms. The first-order valence-corrected chi connectivity index (χ1v) is 8.92. The lowest BCUT2D eigenvalue weighted by Gasteiger charge is -2.06. The minimum absolute atomic E-state index is 0.311. The van der Waals surface area contributed by atoms with E-state index in [1.54, 1.807) is 23.5 Å². The lowest BCUT2D eigenvalue weighted by atomic mass is 10.1. The molecule has 4 aromatic rings. The van der Waals surface area contributed by atoms with Gasteiger partial charge in [0.15, 0.2) is 12.4 Å². The Morgan fingerprint density at radius 3 is 2.65 bits per heavy atom. The van der Waals surface area contributed by atoms with Crippen LogP contribution in [-0.4, -0.2) is 10.9 Å². The molecule has 0 atom stereocenters. The quantitative estimate of drug-likeness (QED) is 0.444. The zero-order valence-electron chi connectivity index (χ0n) is 13.8. The van der Waals surface area contributed by atoms with E-state index in [1.807, 2.05) is 42.5 Å². The molecule has 0 unspecified atom stereocenters. The number of anilines is 1. The van der Waals surface area contributed by atoms with Crippen LogP contribution < -0.4 is 10.0 Å². The second-order valence-electron chi connectivity index (χ2n) is 5.86. The Hall–Kier alpha value is -3.25.